The summed E-state index contributed by atoms with van der Waals surface area (Å²) in [7, 11) is 1.32. The first-order valence-corrected chi connectivity index (χ1v) is 8.36. The lowest BCUT2D eigenvalue weighted by Crippen LogP contribution is -2.42. The molecule has 6 nitrogen and oxygen atoms in total. The van der Waals surface area contributed by atoms with Gasteiger partial charge in [0.1, 0.15) is 0 Å². The van der Waals surface area contributed by atoms with Crippen LogP contribution in [-0.2, 0) is 14.3 Å². The molecule has 0 bridgehead atoms. The molecule has 1 heterocycles. The minimum atomic E-state index is -0.432. The Bertz CT molecular complexity index is 646. The van der Waals surface area contributed by atoms with Crippen molar-refractivity contribution in [2.75, 3.05) is 25.5 Å². The van der Waals surface area contributed by atoms with Gasteiger partial charge < -0.3 is 15.0 Å². The highest BCUT2D eigenvalue weighted by Gasteiger charge is 2.35. The molecule has 1 aromatic rings. The van der Waals surface area contributed by atoms with E-state index in [9.17, 15) is 14.4 Å². The number of esters is 1. The average molecular weight is 330 g/mol. The predicted molar refractivity (Wildman–Crippen MR) is 88.4 cm³/mol. The molecule has 0 aromatic heterocycles. The number of hydrogen-bond acceptors (Lipinski definition) is 4. The van der Waals surface area contributed by atoms with Crippen LogP contribution in [0, 0.1) is 11.8 Å². The normalized spacial score (nSPS) is 18.1. The highest BCUT2D eigenvalue weighted by atomic mass is 16.5. The Labute approximate surface area is 141 Å². The summed E-state index contributed by atoms with van der Waals surface area (Å²) in [4.78, 5) is 37.9. The molecule has 3 rings (SSSR count). The number of piperidine rings is 1. The fourth-order valence-electron chi connectivity index (χ4n) is 3.04. The van der Waals surface area contributed by atoms with Gasteiger partial charge in [0.2, 0.25) is 11.8 Å². The van der Waals surface area contributed by atoms with Crippen molar-refractivity contribution in [1.82, 2.24) is 4.90 Å². The molecule has 0 atom stereocenters. The minimum Gasteiger partial charge on any atom is -0.465 e. The summed E-state index contributed by atoms with van der Waals surface area (Å²) >= 11 is 0. The van der Waals surface area contributed by atoms with E-state index in [1.807, 2.05) is 4.90 Å². The first kappa shape index (κ1) is 16.5. The van der Waals surface area contributed by atoms with Crippen LogP contribution in [0.1, 0.15) is 36.0 Å². The second-order valence-corrected chi connectivity index (χ2v) is 6.44. The number of rotatable bonds is 4. The van der Waals surface area contributed by atoms with Crippen LogP contribution < -0.4 is 5.32 Å². The van der Waals surface area contributed by atoms with E-state index in [-0.39, 0.29) is 23.7 Å². The van der Waals surface area contributed by atoms with Crippen molar-refractivity contribution in [3.8, 4) is 0 Å². The van der Waals surface area contributed by atoms with Crippen LogP contribution in [0.15, 0.2) is 24.3 Å². The Morgan fingerprint density at radius 2 is 1.79 bits per heavy atom. The smallest absolute Gasteiger partial charge is 0.337 e. The zero-order chi connectivity index (χ0) is 17.1. The average Bonchev–Trinajstić information content (AvgIpc) is 3.46. The number of hydrogen-bond donors (Lipinski definition) is 1. The summed E-state index contributed by atoms with van der Waals surface area (Å²) in [6.45, 7) is 1.30. The van der Waals surface area contributed by atoms with Gasteiger partial charge >= 0.3 is 5.97 Å². The van der Waals surface area contributed by atoms with E-state index >= 15 is 0 Å². The highest BCUT2D eigenvalue weighted by molar-refractivity contribution is 5.95. The number of ether oxygens (including phenoxy) is 1. The molecule has 2 amide bonds. The lowest BCUT2D eigenvalue weighted by atomic mass is 9.95. The largest absolute Gasteiger partial charge is 0.465 e. The minimum absolute atomic E-state index is 0.0597. The van der Waals surface area contributed by atoms with Crippen molar-refractivity contribution in [1.29, 1.82) is 0 Å². The third-order valence-electron chi connectivity index (χ3n) is 4.66. The van der Waals surface area contributed by atoms with Gasteiger partial charge in [-0.25, -0.2) is 4.79 Å². The fourth-order valence-corrected chi connectivity index (χ4v) is 3.04. The first-order chi connectivity index (χ1) is 11.6. The Morgan fingerprint density at radius 1 is 1.08 bits per heavy atom. The van der Waals surface area contributed by atoms with Crippen LogP contribution in [0.3, 0.4) is 0 Å². The second-order valence-electron chi connectivity index (χ2n) is 6.44. The van der Waals surface area contributed by atoms with Crippen molar-refractivity contribution in [2.45, 2.75) is 25.7 Å². The molecule has 1 aromatic carbocycles. The number of nitrogens with zero attached hydrogens (tertiary/aromatic N) is 1. The van der Waals surface area contributed by atoms with Gasteiger partial charge in [-0.1, -0.05) is 6.07 Å². The molecule has 0 radical (unpaired) electrons. The molecule has 1 aliphatic carbocycles. The van der Waals surface area contributed by atoms with E-state index in [0.717, 1.165) is 12.8 Å². The maximum Gasteiger partial charge on any atom is 0.337 e. The Balaban J connectivity index is 1.54. The topological polar surface area (TPSA) is 75.7 Å². The molecule has 1 N–H and O–H groups in total. The van der Waals surface area contributed by atoms with Gasteiger partial charge in [0.15, 0.2) is 0 Å². The van der Waals surface area contributed by atoms with Crippen molar-refractivity contribution < 1.29 is 19.1 Å². The second kappa shape index (κ2) is 7.03. The number of amides is 2. The Kier molecular flexibility index (Phi) is 4.83. The van der Waals surface area contributed by atoms with Gasteiger partial charge in [0, 0.05) is 30.6 Å². The molecule has 1 saturated carbocycles. The summed E-state index contributed by atoms with van der Waals surface area (Å²) < 4.78 is 4.68. The molecule has 0 spiro atoms. The Hall–Kier alpha value is -2.37. The van der Waals surface area contributed by atoms with Crippen LogP contribution >= 0.6 is 0 Å². The summed E-state index contributed by atoms with van der Waals surface area (Å²) in [6.07, 6.45) is 3.38. The molecule has 2 fully saturated rings. The van der Waals surface area contributed by atoms with E-state index in [1.165, 1.54) is 7.11 Å². The quantitative estimate of drug-likeness (QED) is 0.858. The zero-order valence-electron chi connectivity index (χ0n) is 13.8. The van der Waals surface area contributed by atoms with Gasteiger partial charge in [0.25, 0.3) is 0 Å². The molecule has 24 heavy (non-hydrogen) atoms. The number of methoxy groups -OCH3 is 1. The molecule has 0 unspecified atom stereocenters. The van der Waals surface area contributed by atoms with Crippen LogP contribution in [0.5, 0.6) is 0 Å². The molecule has 1 saturated heterocycles. The molecular weight excluding hydrogens is 308 g/mol. The third kappa shape index (κ3) is 3.75. The van der Waals surface area contributed by atoms with Gasteiger partial charge in [-0.05, 0) is 43.9 Å². The lowest BCUT2D eigenvalue weighted by Gasteiger charge is -2.31. The first-order valence-electron chi connectivity index (χ1n) is 8.36. The number of nitrogens with one attached hydrogen (secondary N) is 1. The maximum atomic E-state index is 12.4. The maximum absolute atomic E-state index is 12.4. The van der Waals surface area contributed by atoms with Gasteiger partial charge in [0.05, 0.1) is 12.7 Å². The molecule has 1 aliphatic heterocycles. The van der Waals surface area contributed by atoms with Crippen LogP contribution in [0.2, 0.25) is 0 Å². The van der Waals surface area contributed by atoms with E-state index in [0.29, 0.717) is 37.2 Å². The number of likely N-dealkylation sites (tertiary alicyclic amines) is 1. The standard InChI is InChI=1S/C18H22N2O4/c1-24-18(23)14-3-2-4-15(11-14)19-16(21)12-7-9-20(10-8-12)17(22)13-5-6-13/h2-4,11-13H,5-10H2,1H3,(H,19,21). The lowest BCUT2D eigenvalue weighted by molar-refractivity contribution is -0.135. The zero-order valence-corrected chi connectivity index (χ0v) is 13.8. The summed E-state index contributed by atoms with van der Waals surface area (Å²) in [5, 5.41) is 2.86. The molecule has 128 valence electrons. The molecule has 2 aliphatic rings. The number of carbonyl (C=O) groups is 3. The summed E-state index contributed by atoms with van der Waals surface area (Å²) in [5.74, 6) is -0.111. The van der Waals surface area contributed by atoms with Crippen LogP contribution in [0.4, 0.5) is 5.69 Å². The predicted octanol–water partition coefficient (Wildman–Crippen LogP) is 2.06. The third-order valence-corrected chi connectivity index (χ3v) is 4.66. The van der Waals surface area contributed by atoms with Crippen molar-refractivity contribution in [2.24, 2.45) is 11.8 Å². The molecule has 6 heteroatoms. The van der Waals surface area contributed by atoms with Gasteiger partial charge in [-0.3, -0.25) is 9.59 Å². The summed E-state index contributed by atoms with van der Waals surface area (Å²) in [6, 6.07) is 6.70. The monoisotopic (exact) mass is 330 g/mol. The van der Waals surface area contributed by atoms with E-state index in [1.54, 1.807) is 24.3 Å². The fraction of sp³-hybridized carbons (Fsp3) is 0.500. The van der Waals surface area contributed by atoms with E-state index in [4.69, 9.17) is 0 Å². The van der Waals surface area contributed by atoms with Crippen LogP contribution in [-0.4, -0.2) is 42.9 Å². The Morgan fingerprint density at radius 3 is 2.42 bits per heavy atom. The van der Waals surface area contributed by atoms with Gasteiger partial charge in [-0.2, -0.15) is 0 Å². The van der Waals surface area contributed by atoms with Crippen molar-refractivity contribution in [3.63, 3.8) is 0 Å². The number of carbonyl (C=O) groups excluding carboxylic acids is 3. The highest BCUT2D eigenvalue weighted by Crippen LogP contribution is 2.32. The number of benzene rings is 1. The van der Waals surface area contributed by atoms with Crippen molar-refractivity contribution in [3.05, 3.63) is 29.8 Å². The van der Waals surface area contributed by atoms with Gasteiger partial charge in [-0.15, -0.1) is 0 Å². The number of anilines is 1. The van der Waals surface area contributed by atoms with Crippen LogP contribution in [0.25, 0.3) is 0 Å². The molecular formula is C18H22N2O4. The summed E-state index contributed by atoms with van der Waals surface area (Å²) in [5.41, 5.74) is 0.986. The SMILES string of the molecule is COC(=O)c1cccc(NC(=O)C2CCN(C(=O)C3CC3)CC2)c1. The van der Waals surface area contributed by atoms with E-state index in [2.05, 4.69) is 10.1 Å². The van der Waals surface area contributed by atoms with Crippen molar-refractivity contribution >= 4 is 23.5 Å². The van der Waals surface area contributed by atoms with E-state index < -0.39 is 5.97 Å².